The molecule has 0 unspecified atom stereocenters. The molecule has 0 spiro atoms. The number of nitrogens with two attached hydrogens (primary N) is 1. The minimum Gasteiger partial charge on any atom is -0.384 e. The molecule has 0 fully saturated rings. The molecular weight excluding hydrogens is 280 g/mol. The molecule has 0 atom stereocenters. The fourth-order valence-electron chi connectivity index (χ4n) is 2.46. The van der Waals surface area contributed by atoms with Crippen LogP contribution in [0.1, 0.15) is 16.0 Å². The lowest BCUT2D eigenvalue weighted by molar-refractivity contribution is 0.565. The summed E-state index contributed by atoms with van der Waals surface area (Å²) in [6, 6.07) is 4.22. The molecule has 3 nitrogen and oxygen atoms in total. The number of hydrogen-bond donors (Lipinski definition) is 2. The Hall–Kier alpha value is -1.95. The standard InChI is InChI=1S/C14H13F2N3S/c15-10-5-9(14(17)18)6-11(16)13(10)19-3-1-12-8(7-19)2-4-20-12/h2,4-6H,1,3,7H2,(H3,17,18). The van der Waals surface area contributed by atoms with Gasteiger partial charge in [0.25, 0.3) is 0 Å². The van der Waals surface area contributed by atoms with Gasteiger partial charge in [-0.3, -0.25) is 5.41 Å². The first-order valence-electron chi connectivity index (χ1n) is 6.20. The Morgan fingerprint density at radius 1 is 1.30 bits per heavy atom. The van der Waals surface area contributed by atoms with Crippen molar-refractivity contribution in [2.75, 3.05) is 11.4 Å². The third-order valence-electron chi connectivity index (χ3n) is 3.45. The van der Waals surface area contributed by atoms with E-state index in [1.165, 1.54) is 4.88 Å². The molecule has 0 amide bonds. The number of anilines is 1. The molecule has 6 heteroatoms. The zero-order valence-electron chi connectivity index (χ0n) is 10.6. The summed E-state index contributed by atoms with van der Waals surface area (Å²) in [5.74, 6) is -1.68. The van der Waals surface area contributed by atoms with Crippen molar-refractivity contribution in [3.05, 3.63) is 51.2 Å². The number of nitrogens with zero attached hydrogens (tertiary/aromatic N) is 1. The normalized spacial score (nSPS) is 14.2. The van der Waals surface area contributed by atoms with Crippen molar-refractivity contribution in [3.63, 3.8) is 0 Å². The topological polar surface area (TPSA) is 53.1 Å². The van der Waals surface area contributed by atoms with Crippen molar-refractivity contribution in [2.45, 2.75) is 13.0 Å². The Kier molecular flexibility index (Phi) is 3.17. The summed E-state index contributed by atoms with van der Waals surface area (Å²) in [6.45, 7) is 1.09. The first-order chi connectivity index (χ1) is 9.56. The van der Waals surface area contributed by atoms with Gasteiger partial charge >= 0.3 is 0 Å². The van der Waals surface area contributed by atoms with Gasteiger partial charge in [-0.2, -0.15) is 0 Å². The summed E-state index contributed by atoms with van der Waals surface area (Å²) in [7, 11) is 0. The van der Waals surface area contributed by atoms with Crippen LogP contribution in [0.25, 0.3) is 0 Å². The van der Waals surface area contributed by atoms with Gasteiger partial charge in [-0.25, -0.2) is 8.78 Å². The van der Waals surface area contributed by atoms with E-state index < -0.39 is 11.6 Å². The number of amidine groups is 1. The Balaban J connectivity index is 1.97. The molecule has 3 rings (SSSR count). The quantitative estimate of drug-likeness (QED) is 0.661. The molecule has 1 aromatic heterocycles. The van der Waals surface area contributed by atoms with Crippen LogP contribution in [0.15, 0.2) is 23.6 Å². The summed E-state index contributed by atoms with van der Waals surface area (Å²) in [5.41, 5.74) is 6.42. The molecular formula is C14H13F2N3S. The van der Waals surface area contributed by atoms with Crippen molar-refractivity contribution >= 4 is 22.9 Å². The van der Waals surface area contributed by atoms with Gasteiger partial charge in [0.1, 0.15) is 23.2 Å². The van der Waals surface area contributed by atoms with Crippen molar-refractivity contribution in [2.24, 2.45) is 5.73 Å². The van der Waals surface area contributed by atoms with E-state index in [4.69, 9.17) is 11.1 Å². The van der Waals surface area contributed by atoms with E-state index in [1.54, 1.807) is 16.2 Å². The lowest BCUT2D eigenvalue weighted by Gasteiger charge is -2.29. The number of fused-ring (bicyclic) bond motifs is 1. The molecule has 20 heavy (non-hydrogen) atoms. The number of benzene rings is 1. The van der Waals surface area contributed by atoms with Crippen LogP contribution in [0.3, 0.4) is 0 Å². The third-order valence-corrected chi connectivity index (χ3v) is 4.47. The van der Waals surface area contributed by atoms with Gasteiger partial charge in [-0.15, -0.1) is 11.3 Å². The fraction of sp³-hybridized carbons (Fsp3) is 0.214. The first-order valence-corrected chi connectivity index (χ1v) is 7.08. The molecule has 2 heterocycles. The zero-order valence-corrected chi connectivity index (χ0v) is 11.4. The summed E-state index contributed by atoms with van der Waals surface area (Å²) < 4.78 is 28.3. The van der Waals surface area contributed by atoms with Crippen LogP contribution in [0.2, 0.25) is 0 Å². The average Bonchev–Trinajstić information content (AvgIpc) is 2.85. The number of hydrogen-bond acceptors (Lipinski definition) is 3. The van der Waals surface area contributed by atoms with Crippen LogP contribution in [0.5, 0.6) is 0 Å². The van der Waals surface area contributed by atoms with Gasteiger partial charge in [0.05, 0.1) is 0 Å². The van der Waals surface area contributed by atoms with E-state index in [-0.39, 0.29) is 17.1 Å². The van der Waals surface area contributed by atoms with E-state index in [0.29, 0.717) is 13.1 Å². The molecule has 104 valence electrons. The molecule has 1 aromatic carbocycles. The maximum atomic E-state index is 14.1. The summed E-state index contributed by atoms with van der Waals surface area (Å²) in [4.78, 5) is 2.98. The predicted molar refractivity (Wildman–Crippen MR) is 76.4 cm³/mol. The minimum atomic E-state index is -0.672. The second-order valence-corrected chi connectivity index (χ2v) is 5.74. The summed E-state index contributed by atoms with van der Waals surface area (Å²) in [5, 5.41) is 9.25. The molecule has 3 N–H and O–H groups in total. The van der Waals surface area contributed by atoms with Crippen LogP contribution >= 0.6 is 11.3 Å². The number of rotatable bonds is 2. The van der Waals surface area contributed by atoms with Crippen molar-refractivity contribution in [1.29, 1.82) is 5.41 Å². The highest BCUT2D eigenvalue weighted by Gasteiger charge is 2.23. The average molecular weight is 293 g/mol. The van der Waals surface area contributed by atoms with Gasteiger partial charge in [-0.05, 0) is 35.6 Å². The van der Waals surface area contributed by atoms with Crippen LogP contribution in [0, 0.1) is 17.0 Å². The van der Waals surface area contributed by atoms with Crippen LogP contribution in [-0.2, 0) is 13.0 Å². The Morgan fingerprint density at radius 3 is 2.65 bits per heavy atom. The fourth-order valence-corrected chi connectivity index (χ4v) is 3.35. The van der Waals surface area contributed by atoms with Gasteiger partial charge in [0.2, 0.25) is 0 Å². The molecule has 0 bridgehead atoms. The highest BCUT2D eigenvalue weighted by Crippen LogP contribution is 2.31. The molecule has 0 saturated carbocycles. The van der Waals surface area contributed by atoms with Crippen LogP contribution in [0.4, 0.5) is 14.5 Å². The lowest BCUT2D eigenvalue weighted by Crippen LogP contribution is -2.31. The van der Waals surface area contributed by atoms with Crippen LogP contribution < -0.4 is 10.6 Å². The van der Waals surface area contributed by atoms with Crippen LogP contribution in [-0.4, -0.2) is 12.4 Å². The molecule has 0 radical (unpaired) electrons. The van der Waals surface area contributed by atoms with Crippen molar-refractivity contribution in [3.8, 4) is 0 Å². The Morgan fingerprint density at radius 2 is 2.00 bits per heavy atom. The largest absolute Gasteiger partial charge is 0.384 e. The first kappa shape index (κ1) is 13.1. The predicted octanol–water partition coefficient (Wildman–Crippen LogP) is 2.87. The number of nitrogen functional groups attached to an aromatic ring is 1. The molecule has 0 aliphatic carbocycles. The maximum Gasteiger partial charge on any atom is 0.150 e. The second kappa shape index (κ2) is 4.86. The molecule has 1 aliphatic rings. The van der Waals surface area contributed by atoms with E-state index >= 15 is 0 Å². The number of thiophene rings is 1. The van der Waals surface area contributed by atoms with E-state index in [1.807, 2.05) is 11.4 Å². The highest BCUT2D eigenvalue weighted by atomic mass is 32.1. The third kappa shape index (κ3) is 2.16. The maximum absolute atomic E-state index is 14.1. The van der Waals surface area contributed by atoms with Gasteiger partial charge in [0.15, 0.2) is 0 Å². The molecule has 0 saturated heterocycles. The second-order valence-electron chi connectivity index (χ2n) is 4.74. The van der Waals surface area contributed by atoms with E-state index in [2.05, 4.69) is 0 Å². The summed E-state index contributed by atoms with van der Waals surface area (Å²) in [6.07, 6.45) is 0.792. The zero-order chi connectivity index (χ0) is 14.3. The van der Waals surface area contributed by atoms with Crippen molar-refractivity contribution in [1.82, 2.24) is 0 Å². The lowest BCUT2D eigenvalue weighted by atomic mass is 10.1. The summed E-state index contributed by atoms with van der Waals surface area (Å²) >= 11 is 1.68. The minimum absolute atomic E-state index is 0.0353. The molecule has 2 aromatic rings. The Bertz CT molecular complexity index is 658. The van der Waals surface area contributed by atoms with E-state index in [9.17, 15) is 8.78 Å². The molecule has 1 aliphatic heterocycles. The van der Waals surface area contributed by atoms with Gasteiger partial charge in [0, 0.05) is 23.5 Å². The number of halogens is 2. The van der Waals surface area contributed by atoms with Crippen molar-refractivity contribution < 1.29 is 8.78 Å². The highest BCUT2D eigenvalue weighted by molar-refractivity contribution is 7.10. The smallest absolute Gasteiger partial charge is 0.150 e. The van der Waals surface area contributed by atoms with Gasteiger partial charge in [-0.1, -0.05) is 0 Å². The number of nitrogens with one attached hydrogen (secondary N) is 1. The SMILES string of the molecule is N=C(N)c1cc(F)c(N2CCc3sccc3C2)c(F)c1. The van der Waals surface area contributed by atoms with Gasteiger partial charge < -0.3 is 10.6 Å². The van der Waals surface area contributed by atoms with E-state index in [0.717, 1.165) is 24.1 Å². The Labute approximate surface area is 119 Å². The monoisotopic (exact) mass is 293 g/mol.